The molecule has 0 radical (unpaired) electrons. The largest absolute Gasteiger partial charge is 0.497 e. The van der Waals surface area contributed by atoms with Crippen molar-refractivity contribution in [2.75, 3.05) is 20.3 Å². The Balaban J connectivity index is 1.82. The molecular formula is C54H94O7Si3. The maximum atomic E-state index is 7.26. The topological polar surface area (TPSA) is 64.6 Å². The molecule has 0 saturated carbocycles. The van der Waals surface area contributed by atoms with Crippen LogP contribution in [0.1, 0.15) is 127 Å². The van der Waals surface area contributed by atoms with Gasteiger partial charge in [-0.2, -0.15) is 0 Å². The van der Waals surface area contributed by atoms with Crippen molar-refractivity contribution in [3.63, 3.8) is 0 Å². The van der Waals surface area contributed by atoms with Gasteiger partial charge in [0, 0.05) is 6.61 Å². The molecule has 1 aromatic rings. The van der Waals surface area contributed by atoms with Gasteiger partial charge in [0.2, 0.25) is 0 Å². The second-order valence-corrected chi connectivity index (χ2v) is 37.8. The van der Waals surface area contributed by atoms with Crippen LogP contribution in [0.5, 0.6) is 5.75 Å². The molecule has 364 valence electrons. The van der Waals surface area contributed by atoms with Crippen LogP contribution < -0.4 is 4.74 Å². The molecule has 2 unspecified atom stereocenters. The molecular weight excluding hydrogens is 845 g/mol. The third-order valence-electron chi connectivity index (χ3n) is 14.6. The lowest BCUT2D eigenvalue weighted by molar-refractivity contribution is -0.0204. The summed E-state index contributed by atoms with van der Waals surface area (Å²) in [4.78, 5) is 0. The van der Waals surface area contributed by atoms with Gasteiger partial charge in [0.05, 0.1) is 56.9 Å². The molecule has 0 amide bonds. The summed E-state index contributed by atoms with van der Waals surface area (Å²) in [5.74, 6) is 1.27. The number of ether oxygens (including phenoxy) is 4. The molecule has 0 N–H and O–H groups in total. The van der Waals surface area contributed by atoms with E-state index in [1.165, 1.54) is 11.1 Å². The maximum absolute atomic E-state index is 7.26. The highest BCUT2D eigenvalue weighted by Crippen LogP contribution is 2.41. The fourth-order valence-electron chi connectivity index (χ4n) is 7.26. The highest BCUT2D eigenvalue weighted by atomic mass is 28.4. The molecule has 2 aliphatic rings. The average Bonchev–Trinajstić information content (AvgIpc) is 3.16. The molecule has 0 aromatic heterocycles. The van der Waals surface area contributed by atoms with E-state index in [-0.39, 0.29) is 51.7 Å². The fraction of sp³-hybridized carbons (Fsp3) is 0.704. The van der Waals surface area contributed by atoms with E-state index in [1.54, 1.807) is 7.11 Å². The van der Waals surface area contributed by atoms with Gasteiger partial charge < -0.3 is 32.2 Å². The lowest BCUT2D eigenvalue weighted by atomic mass is 9.91. The first-order valence-corrected chi connectivity index (χ1v) is 33.1. The lowest BCUT2D eigenvalue weighted by Gasteiger charge is -2.40. The van der Waals surface area contributed by atoms with Gasteiger partial charge in [-0.1, -0.05) is 142 Å². The van der Waals surface area contributed by atoms with Crippen molar-refractivity contribution in [3.05, 3.63) is 90.1 Å². The van der Waals surface area contributed by atoms with Crippen molar-refractivity contribution in [2.45, 2.75) is 219 Å². The molecule has 0 spiro atoms. The zero-order chi connectivity index (χ0) is 48.1. The van der Waals surface area contributed by atoms with E-state index in [0.717, 1.165) is 56.4 Å². The highest BCUT2D eigenvalue weighted by molar-refractivity contribution is 6.75. The summed E-state index contributed by atoms with van der Waals surface area (Å²) in [6, 6.07) is 8.14. The van der Waals surface area contributed by atoms with Crippen LogP contribution in [0.25, 0.3) is 0 Å². The minimum absolute atomic E-state index is 0.0126. The zero-order valence-corrected chi connectivity index (χ0v) is 47.0. The SMILES string of the molecule is C=C(CC(/C=C/C[C@H](OCc1ccc(OC)cc1)C(/C=C/[C@@H]1CC(C)=CCO1)O[Si](C)(C)C(C)(C)C)O[Si](C)(C)C(C)(C)C)C[C@H](C)C[C@@H]1CC=C[C@@H](CCO[Si](C)(C)C(C)(C)C)O1. The minimum Gasteiger partial charge on any atom is -0.497 e. The van der Waals surface area contributed by atoms with Crippen molar-refractivity contribution in [1.82, 2.24) is 0 Å². The van der Waals surface area contributed by atoms with Gasteiger partial charge in [-0.3, -0.25) is 0 Å². The van der Waals surface area contributed by atoms with E-state index in [2.05, 4.69) is 177 Å². The number of hydrogen-bond acceptors (Lipinski definition) is 7. The summed E-state index contributed by atoms with van der Waals surface area (Å²) in [5.41, 5.74) is 3.66. The van der Waals surface area contributed by atoms with Gasteiger partial charge in [-0.15, -0.1) is 0 Å². The van der Waals surface area contributed by atoms with E-state index < -0.39 is 25.0 Å². The monoisotopic (exact) mass is 939 g/mol. The summed E-state index contributed by atoms with van der Waals surface area (Å²) in [6.07, 6.45) is 21.6. The Morgan fingerprint density at radius 3 is 2.08 bits per heavy atom. The van der Waals surface area contributed by atoms with Gasteiger partial charge in [0.1, 0.15) is 5.75 Å². The van der Waals surface area contributed by atoms with Crippen LogP contribution in [0.3, 0.4) is 0 Å². The van der Waals surface area contributed by atoms with Crippen LogP contribution in [-0.2, 0) is 34.1 Å². The Kier molecular flexibility index (Phi) is 21.5. The second-order valence-electron chi connectivity index (χ2n) is 23.5. The first kappa shape index (κ1) is 56.5. The molecule has 2 heterocycles. The van der Waals surface area contributed by atoms with E-state index >= 15 is 0 Å². The number of rotatable bonds is 24. The Morgan fingerprint density at radius 2 is 1.48 bits per heavy atom. The lowest BCUT2D eigenvalue weighted by Crippen LogP contribution is -2.47. The van der Waals surface area contributed by atoms with Crippen molar-refractivity contribution in [1.29, 1.82) is 0 Å². The Labute approximate surface area is 396 Å². The third kappa shape index (κ3) is 18.7. The van der Waals surface area contributed by atoms with Gasteiger partial charge in [0.25, 0.3) is 0 Å². The third-order valence-corrected chi connectivity index (χ3v) is 28.1. The fourth-order valence-corrected chi connectivity index (χ4v) is 10.9. The minimum atomic E-state index is -2.21. The first-order chi connectivity index (χ1) is 29.5. The highest BCUT2D eigenvalue weighted by Gasteiger charge is 2.42. The summed E-state index contributed by atoms with van der Waals surface area (Å²) >= 11 is 0. The van der Waals surface area contributed by atoms with Crippen LogP contribution in [0.15, 0.2) is 84.5 Å². The Bertz CT molecular complexity index is 1690. The molecule has 0 saturated heterocycles. The van der Waals surface area contributed by atoms with Crippen LogP contribution in [0, 0.1) is 5.92 Å². The number of hydrogen-bond donors (Lipinski definition) is 0. The Morgan fingerprint density at radius 1 is 0.859 bits per heavy atom. The van der Waals surface area contributed by atoms with Crippen LogP contribution >= 0.6 is 0 Å². The molecule has 0 aliphatic carbocycles. The number of benzene rings is 1. The number of methoxy groups -OCH3 is 1. The summed E-state index contributed by atoms with van der Waals surface area (Å²) in [5, 5.41) is 0.298. The standard InChI is InChI=1S/C54H94O7Si3/c1-41-32-34-56-47(37-41)30-31-51(61-64(18,19)54(10,11)12)50(57-40-44-26-28-45(55-13)29-27-44)25-21-24-49(60-63(16,17)53(7,8)9)39-43(3)36-42(2)38-48-23-20-22-46(59-48)33-35-58-62(14,15)52(4,5)6/h20-22,24,26-32,42,46-51H,3,23,25,33-40H2,1-2,4-19H3/b24-21+,31-30+/t42-,46-,47+,48-,49?,50-,51?/m0/s1. The first-order valence-electron chi connectivity index (χ1n) is 24.4. The smallest absolute Gasteiger partial charge is 0.193 e. The van der Waals surface area contributed by atoms with E-state index in [9.17, 15) is 0 Å². The predicted octanol–water partition coefficient (Wildman–Crippen LogP) is 15.1. The van der Waals surface area contributed by atoms with Crippen molar-refractivity contribution in [3.8, 4) is 5.75 Å². The van der Waals surface area contributed by atoms with Crippen LogP contribution in [0.4, 0.5) is 0 Å². The van der Waals surface area contributed by atoms with Crippen molar-refractivity contribution in [2.24, 2.45) is 5.92 Å². The van der Waals surface area contributed by atoms with Gasteiger partial charge >= 0.3 is 0 Å². The predicted molar refractivity (Wildman–Crippen MR) is 279 cm³/mol. The molecule has 3 rings (SSSR count). The van der Waals surface area contributed by atoms with Crippen LogP contribution in [0.2, 0.25) is 54.4 Å². The molecule has 2 aliphatic heterocycles. The van der Waals surface area contributed by atoms with E-state index in [1.807, 2.05) is 12.1 Å². The maximum Gasteiger partial charge on any atom is 0.193 e. The van der Waals surface area contributed by atoms with Gasteiger partial charge in [-0.05, 0) is 130 Å². The van der Waals surface area contributed by atoms with Crippen molar-refractivity contribution < 1.29 is 32.2 Å². The average molecular weight is 940 g/mol. The second kappa shape index (κ2) is 24.4. The normalized spacial score (nSPS) is 21.5. The zero-order valence-electron chi connectivity index (χ0n) is 44.0. The molecule has 64 heavy (non-hydrogen) atoms. The Hall–Kier alpha value is -1.87. The van der Waals surface area contributed by atoms with Gasteiger partial charge in [-0.25, -0.2) is 0 Å². The molecule has 0 bridgehead atoms. The summed E-state index contributed by atoms with van der Waals surface area (Å²) in [6.45, 7) is 45.7. The molecule has 7 atom stereocenters. The molecule has 10 heteroatoms. The summed E-state index contributed by atoms with van der Waals surface area (Å²) < 4.78 is 46.1. The molecule has 1 aromatic carbocycles. The van der Waals surface area contributed by atoms with Crippen molar-refractivity contribution >= 4 is 25.0 Å². The summed E-state index contributed by atoms with van der Waals surface area (Å²) in [7, 11) is -4.43. The van der Waals surface area contributed by atoms with Crippen LogP contribution in [-0.4, -0.2) is 81.9 Å². The van der Waals surface area contributed by atoms with E-state index in [0.29, 0.717) is 25.6 Å². The molecule has 0 fully saturated rings. The quantitative estimate of drug-likeness (QED) is 0.0756. The molecule has 7 nitrogen and oxygen atoms in total. The van der Waals surface area contributed by atoms with E-state index in [4.69, 9.17) is 32.2 Å². The van der Waals surface area contributed by atoms with Gasteiger partial charge in [0.15, 0.2) is 25.0 Å².